The quantitative estimate of drug-likeness (QED) is 0.145. The number of aryl methyl sites for hydroxylation is 2. The lowest BCUT2D eigenvalue weighted by Crippen LogP contribution is -2.54. The highest BCUT2D eigenvalue weighted by molar-refractivity contribution is 14.1. The molecule has 2 atom stereocenters. The number of hydrogen-bond donors (Lipinski definition) is 0. The third-order valence-corrected chi connectivity index (χ3v) is 9.45. The molecule has 1 aliphatic heterocycles. The van der Waals surface area contributed by atoms with Gasteiger partial charge in [0.1, 0.15) is 0 Å². The molecule has 0 unspecified atom stereocenters. The highest BCUT2D eigenvalue weighted by Crippen LogP contribution is 2.63. The van der Waals surface area contributed by atoms with E-state index in [0.29, 0.717) is 5.69 Å². The van der Waals surface area contributed by atoms with Crippen LogP contribution < -0.4 is 4.90 Å². The molecular weight excluding hydrogens is 583 g/mol. The number of imide groups is 1. The zero-order valence-corrected chi connectivity index (χ0v) is 23.2. The predicted octanol–water partition coefficient (Wildman–Crippen LogP) is 6.86. The molecule has 2 bridgehead atoms. The molecule has 186 valence electrons. The SMILES string of the molecule is Cc1ccc(N2C(=O)[C@@H]3[C@@H](C2=O)C2c4ccccc4C3(C=Nc3ccccc3I)c3ccccc32)c(C)c1. The molecule has 38 heavy (non-hydrogen) atoms. The van der Waals surface area contributed by atoms with Gasteiger partial charge in [0.15, 0.2) is 0 Å². The van der Waals surface area contributed by atoms with Crippen molar-refractivity contribution >= 4 is 52.0 Å². The normalized spacial score (nSPS) is 25.0. The van der Waals surface area contributed by atoms with Crippen molar-refractivity contribution in [1.82, 2.24) is 0 Å². The van der Waals surface area contributed by atoms with Crippen molar-refractivity contribution in [3.63, 3.8) is 0 Å². The molecule has 2 amide bonds. The van der Waals surface area contributed by atoms with Crippen LogP contribution in [0.25, 0.3) is 0 Å². The van der Waals surface area contributed by atoms with Gasteiger partial charge in [0.25, 0.3) is 0 Å². The van der Waals surface area contributed by atoms with Crippen LogP contribution in [0.5, 0.6) is 0 Å². The van der Waals surface area contributed by atoms with Gasteiger partial charge < -0.3 is 0 Å². The lowest BCUT2D eigenvalue weighted by atomic mass is 9.47. The van der Waals surface area contributed by atoms with Crippen LogP contribution >= 0.6 is 22.6 Å². The van der Waals surface area contributed by atoms with E-state index in [0.717, 1.165) is 42.6 Å². The van der Waals surface area contributed by atoms with Gasteiger partial charge in [-0.2, -0.15) is 0 Å². The number of rotatable bonds is 3. The Balaban J connectivity index is 1.52. The van der Waals surface area contributed by atoms with E-state index in [1.807, 2.05) is 86.8 Å². The van der Waals surface area contributed by atoms with Crippen LogP contribution in [0.15, 0.2) is 96.0 Å². The summed E-state index contributed by atoms with van der Waals surface area (Å²) in [5.41, 5.74) is 7.08. The molecule has 1 fully saturated rings. The van der Waals surface area contributed by atoms with E-state index in [4.69, 9.17) is 4.99 Å². The first-order chi connectivity index (χ1) is 18.4. The highest BCUT2D eigenvalue weighted by Gasteiger charge is 2.68. The maximum Gasteiger partial charge on any atom is 0.239 e. The number of benzene rings is 4. The van der Waals surface area contributed by atoms with Crippen LogP contribution in [0, 0.1) is 29.3 Å². The summed E-state index contributed by atoms with van der Waals surface area (Å²) in [6.07, 6.45) is 1.96. The van der Waals surface area contributed by atoms with Crippen LogP contribution in [-0.4, -0.2) is 18.0 Å². The third kappa shape index (κ3) is 3.05. The molecule has 0 spiro atoms. The number of hydrogen-bond acceptors (Lipinski definition) is 3. The van der Waals surface area contributed by atoms with E-state index in [1.54, 1.807) is 0 Å². The summed E-state index contributed by atoms with van der Waals surface area (Å²) in [5.74, 6) is -1.50. The number of halogens is 1. The van der Waals surface area contributed by atoms with E-state index in [9.17, 15) is 9.59 Å². The Hall–Kier alpha value is -3.58. The van der Waals surface area contributed by atoms with Crippen molar-refractivity contribution in [3.05, 3.63) is 128 Å². The predicted molar refractivity (Wildman–Crippen MR) is 158 cm³/mol. The van der Waals surface area contributed by atoms with Crippen molar-refractivity contribution in [2.45, 2.75) is 25.2 Å². The average Bonchev–Trinajstić information content (AvgIpc) is 3.19. The van der Waals surface area contributed by atoms with E-state index >= 15 is 0 Å². The highest BCUT2D eigenvalue weighted by atomic mass is 127. The zero-order chi connectivity index (χ0) is 26.2. The summed E-state index contributed by atoms with van der Waals surface area (Å²) >= 11 is 2.29. The maximum atomic E-state index is 14.5. The van der Waals surface area contributed by atoms with Gasteiger partial charge in [0.2, 0.25) is 11.8 Å². The number of aliphatic imine (C=N–C) groups is 1. The Bertz CT molecular complexity index is 1640. The first-order valence-corrected chi connectivity index (χ1v) is 13.9. The van der Waals surface area contributed by atoms with Gasteiger partial charge in [0.05, 0.1) is 28.6 Å². The first kappa shape index (κ1) is 23.5. The van der Waals surface area contributed by atoms with Crippen LogP contribution in [0.4, 0.5) is 11.4 Å². The Morgan fingerprint density at radius 1 is 0.816 bits per heavy atom. The van der Waals surface area contributed by atoms with Crippen molar-refractivity contribution in [3.8, 4) is 0 Å². The zero-order valence-electron chi connectivity index (χ0n) is 21.1. The Labute approximate surface area is 235 Å². The second kappa shape index (κ2) is 8.46. The number of carbonyl (C=O) groups excluding carboxylic acids is 2. The van der Waals surface area contributed by atoms with Crippen molar-refractivity contribution in [2.75, 3.05) is 4.90 Å². The van der Waals surface area contributed by atoms with Crippen LogP contribution in [0.1, 0.15) is 39.3 Å². The van der Waals surface area contributed by atoms with E-state index in [1.165, 1.54) is 4.90 Å². The molecule has 0 aromatic heterocycles. The number of para-hydroxylation sites is 1. The minimum atomic E-state index is -0.856. The smallest absolute Gasteiger partial charge is 0.239 e. The molecule has 0 saturated carbocycles. The largest absolute Gasteiger partial charge is 0.274 e. The average molecular weight is 608 g/mol. The van der Waals surface area contributed by atoms with Gasteiger partial charge in [-0.05, 0) is 82.5 Å². The molecule has 4 aromatic rings. The van der Waals surface area contributed by atoms with E-state index in [2.05, 4.69) is 46.9 Å². The lowest BCUT2D eigenvalue weighted by molar-refractivity contribution is -0.122. The number of nitrogens with zero attached hydrogens (tertiary/aromatic N) is 2. The summed E-state index contributed by atoms with van der Waals surface area (Å²) in [5, 5.41) is 0. The number of anilines is 1. The van der Waals surface area contributed by atoms with Crippen LogP contribution in [0.2, 0.25) is 0 Å². The van der Waals surface area contributed by atoms with E-state index < -0.39 is 17.3 Å². The second-order valence-electron chi connectivity index (χ2n) is 10.5. The van der Waals surface area contributed by atoms with Gasteiger partial charge in [0, 0.05) is 15.7 Å². The molecule has 0 N–H and O–H groups in total. The van der Waals surface area contributed by atoms with Crippen LogP contribution in [0.3, 0.4) is 0 Å². The van der Waals surface area contributed by atoms with Gasteiger partial charge in [-0.1, -0.05) is 78.4 Å². The summed E-state index contributed by atoms with van der Waals surface area (Å²) in [4.78, 5) is 35.3. The minimum absolute atomic E-state index is 0.118. The fraction of sp³-hybridized carbons (Fsp3) is 0.182. The fourth-order valence-corrected chi connectivity index (χ4v) is 7.60. The van der Waals surface area contributed by atoms with Gasteiger partial charge in [-0.15, -0.1) is 0 Å². The van der Waals surface area contributed by atoms with Crippen molar-refractivity contribution in [1.29, 1.82) is 0 Å². The molecule has 1 heterocycles. The lowest BCUT2D eigenvalue weighted by Gasteiger charge is -2.52. The third-order valence-electron chi connectivity index (χ3n) is 8.54. The molecule has 3 aliphatic carbocycles. The Kier molecular flexibility index (Phi) is 5.24. The van der Waals surface area contributed by atoms with Crippen molar-refractivity contribution in [2.24, 2.45) is 16.8 Å². The van der Waals surface area contributed by atoms with Gasteiger partial charge in [-0.3, -0.25) is 14.6 Å². The van der Waals surface area contributed by atoms with Crippen molar-refractivity contribution < 1.29 is 9.59 Å². The molecule has 4 aromatic carbocycles. The molecule has 4 nitrogen and oxygen atoms in total. The summed E-state index contributed by atoms with van der Waals surface area (Å²) in [6.45, 7) is 3.99. The van der Waals surface area contributed by atoms with E-state index in [-0.39, 0.29) is 17.7 Å². The Morgan fingerprint density at radius 3 is 2.11 bits per heavy atom. The summed E-state index contributed by atoms with van der Waals surface area (Å²) in [7, 11) is 0. The first-order valence-electron chi connectivity index (χ1n) is 12.9. The fourth-order valence-electron chi connectivity index (χ4n) is 7.07. The topological polar surface area (TPSA) is 49.7 Å². The molecule has 4 aliphatic rings. The maximum absolute atomic E-state index is 14.5. The van der Waals surface area contributed by atoms with Gasteiger partial charge >= 0.3 is 0 Å². The van der Waals surface area contributed by atoms with Crippen LogP contribution in [-0.2, 0) is 15.0 Å². The molecule has 1 saturated heterocycles. The number of carbonyl (C=O) groups is 2. The summed E-state index contributed by atoms with van der Waals surface area (Å²) in [6, 6.07) is 30.5. The monoisotopic (exact) mass is 608 g/mol. The number of amides is 2. The van der Waals surface area contributed by atoms with Gasteiger partial charge in [-0.25, -0.2) is 4.90 Å². The standard InChI is InChI=1S/C33H25IN2O2/c1-19-15-16-27(20(2)17-19)36-31(37)29-28-21-9-3-5-11-23(21)33(30(29)32(36)38,24-12-6-4-10-22(24)28)18-35-26-14-8-7-13-25(26)34/h3-18,28-30H,1-2H3/t28?,29-,30-,33?/m0/s1. The molecule has 5 heteroatoms. The minimum Gasteiger partial charge on any atom is -0.274 e. The molecular formula is C33H25IN2O2. The summed E-state index contributed by atoms with van der Waals surface area (Å²) < 4.78 is 1.03. The molecule has 0 radical (unpaired) electrons. The molecule has 8 rings (SSSR count). The Morgan fingerprint density at radius 2 is 1.45 bits per heavy atom. The second-order valence-corrected chi connectivity index (χ2v) is 11.7.